The minimum atomic E-state index is -3.60. The van der Waals surface area contributed by atoms with Crippen molar-refractivity contribution in [2.75, 3.05) is 62.1 Å². The van der Waals surface area contributed by atoms with Crippen LogP contribution in [0, 0.1) is 0 Å². The van der Waals surface area contributed by atoms with Gasteiger partial charge in [-0.2, -0.15) is 0 Å². The van der Waals surface area contributed by atoms with Crippen molar-refractivity contribution in [2.24, 2.45) is 5.73 Å². The highest BCUT2D eigenvalue weighted by atomic mass is 32.2. The van der Waals surface area contributed by atoms with E-state index < -0.39 is 74.0 Å². The Morgan fingerprint density at radius 1 is 0.671 bits per heavy atom. The molecule has 2 atom stereocenters. The zero-order chi connectivity index (χ0) is 54.9. The van der Waals surface area contributed by atoms with Gasteiger partial charge in [0, 0.05) is 36.5 Å². The van der Waals surface area contributed by atoms with Gasteiger partial charge in [0.15, 0.2) is 23.0 Å². The SMILES string of the molecule is C.CC.CC(=O)Nc1cccc2c1C(=O)OC2=O.CCOc1cc([C@@H](CS(C)(=O)=O)N2C(=O)c3cccc(NC(C)=O)c3C2=O)ccc1OC.CCOc1cc([C@H](N)CS(C)(=O)=O)ccc1OC.[2H]C([2H])([2H])C. The highest BCUT2D eigenvalue weighted by Crippen LogP contribution is 2.39. The predicted octanol–water partition coefficient (Wildman–Crippen LogP) is 7.22. The summed E-state index contributed by atoms with van der Waals surface area (Å²) < 4.78 is 91.6. The van der Waals surface area contributed by atoms with Crippen molar-refractivity contribution in [1.29, 1.82) is 0 Å². The number of cyclic esters (lactones) is 2. The minimum absolute atomic E-state index is 0. The number of nitrogens with one attached hydrogen (secondary N) is 2. The van der Waals surface area contributed by atoms with Gasteiger partial charge in [-0.25, -0.2) is 26.4 Å². The standard InChI is InChI=1S/C22H24N2O7S.C12H19NO4S.C10H7NO4.2C2H6.CH4/c1-5-31-19-11-14(9-10-18(19)30-3)17(12-32(4,28)29)24-21(26)15-7-6-8-16(23-13(2)25)20(15)22(24)27;1-4-17-12-7-9(5-6-11(12)16-2)10(13)8-18(3,14)15;1-5(12)11-7-4-2-3-6-8(7)10(14)15-9(6)13;2*1-2;/h6-11,17H,5,12H2,1-4H3,(H,23,25);5-7,10H,4,8,13H2,1-3H3;2-4H,1H3,(H,11,12);2*1-2H3;1H4/t17-;10-;;;;/m11..../s1/i;;;1D3;;. The quantitative estimate of drug-likeness (QED) is 0.0602. The second-order valence-electron chi connectivity index (χ2n) is 14.5. The van der Waals surface area contributed by atoms with Gasteiger partial charge in [0.25, 0.3) is 11.8 Å². The van der Waals surface area contributed by atoms with Crippen LogP contribution in [0.5, 0.6) is 23.0 Å². The number of ether oxygens (including phenoxy) is 5. The normalized spacial score (nSPS) is 13.7. The number of esters is 2. The molecule has 384 valence electrons. The van der Waals surface area contributed by atoms with E-state index in [4.69, 9.17) is 28.8 Å². The molecule has 21 heteroatoms. The largest absolute Gasteiger partial charge is 0.493 e. The third-order valence-electron chi connectivity index (χ3n) is 9.28. The molecule has 2 aliphatic rings. The Hall–Kier alpha value is -6.84. The molecule has 6 rings (SSSR count). The Bertz CT molecular complexity index is 2830. The molecule has 0 aliphatic carbocycles. The number of methoxy groups -OCH3 is 2. The fourth-order valence-electron chi connectivity index (χ4n) is 6.70. The Morgan fingerprint density at radius 2 is 1.11 bits per heavy atom. The van der Waals surface area contributed by atoms with Crippen LogP contribution in [0.4, 0.5) is 11.4 Å². The van der Waals surface area contributed by atoms with Gasteiger partial charge in [-0.15, -0.1) is 0 Å². The number of amides is 4. The lowest BCUT2D eigenvalue weighted by atomic mass is 10.1. The lowest BCUT2D eigenvalue weighted by Crippen LogP contribution is -2.37. The number of nitrogens with two attached hydrogens (primary N) is 1. The summed E-state index contributed by atoms with van der Waals surface area (Å²) in [5, 5.41) is 5.02. The maximum Gasteiger partial charge on any atom is 0.349 e. The lowest BCUT2D eigenvalue weighted by Gasteiger charge is -2.27. The number of fused-ring (bicyclic) bond motifs is 2. The molecule has 0 unspecified atom stereocenters. The number of imide groups is 1. The fraction of sp³-hybridized carbons (Fsp3) is 0.388. The number of hydrogen-bond donors (Lipinski definition) is 3. The summed E-state index contributed by atoms with van der Waals surface area (Å²) in [6.45, 7) is 10.5. The average Bonchev–Trinajstić information content (AvgIpc) is 3.72. The molecule has 0 aromatic heterocycles. The van der Waals surface area contributed by atoms with Gasteiger partial charge in [-0.3, -0.25) is 24.1 Å². The lowest BCUT2D eigenvalue weighted by molar-refractivity contribution is -0.115. The van der Waals surface area contributed by atoms with E-state index in [-0.39, 0.29) is 47.0 Å². The zero-order valence-electron chi connectivity index (χ0n) is 43.4. The van der Waals surface area contributed by atoms with Crippen LogP contribution in [0.25, 0.3) is 0 Å². The molecule has 0 bridgehead atoms. The molecule has 2 aliphatic heterocycles. The molecule has 0 radical (unpaired) electrons. The Morgan fingerprint density at radius 3 is 1.56 bits per heavy atom. The molecule has 0 saturated heterocycles. The second kappa shape index (κ2) is 28.0. The third-order valence-corrected chi connectivity index (χ3v) is 11.2. The molecule has 4 aromatic rings. The third kappa shape index (κ3) is 16.7. The van der Waals surface area contributed by atoms with Crippen LogP contribution in [-0.4, -0.2) is 109 Å². The molecule has 2 heterocycles. The molecule has 0 spiro atoms. The smallest absolute Gasteiger partial charge is 0.349 e. The van der Waals surface area contributed by atoms with Crippen LogP contribution >= 0.6 is 0 Å². The van der Waals surface area contributed by atoms with Crippen LogP contribution < -0.4 is 35.3 Å². The summed E-state index contributed by atoms with van der Waals surface area (Å²) in [5.41, 5.74) is 7.91. The molecule has 0 fully saturated rings. The van der Waals surface area contributed by atoms with E-state index in [9.17, 15) is 45.6 Å². The summed E-state index contributed by atoms with van der Waals surface area (Å²) in [6, 6.07) is 17.4. The number of sulfone groups is 2. The molecule has 70 heavy (non-hydrogen) atoms. The summed E-state index contributed by atoms with van der Waals surface area (Å²) in [6.07, 6.45) is 2.20. The highest BCUT2D eigenvalue weighted by Gasteiger charge is 2.43. The number of carbonyl (C=O) groups is 6. The Labute approximate surface area is 415 Å². The van der Waals surface area contributed by atoms with E-state index in [2.05, 4.69) is 15.4 Å². The first kappa shape index (κ1) is 55.8. The van der Waals surface area contributed by atoms with Crippen LogP contribution in [0.2, 0.25) is 0 Å². The van der Waals surface area contributed by atoms with E-state index in [1.807, 2.05) is 20.8 Å². The van der Waals surface area contributed by atoms with Crippen molar-refractivity contribution in [2.45, 2.75) is 74.8 Å². The molecule has 19 nitrogen and oxygen atoms in total. The van der Waals surface area contributed by atoms with E-state index in [1.165, 1.54) is 52.3 Å². The van der Waals surface area contributed by atoms with Gasteiger partial charge < -0.3 is 40.1 Å². The van der Waals surface area contributed by atoms with E-state index in [0.717, 1.165) is 11.2 Å². The first-order chi connectivity index (χ1) is 33.5. The van der Waals surface area contributed by atoms with Crippen LogP contribution in [-0.2, 0) is 34.0 Å². The summed E-state index contributed by atoms with van der Waals surface area (Å²) in [7, 11) is -3.69. The maximum absolute atomic E-state index is 13.3. The second-order valence-corrected chi connectivity index (χ2v) is 18.8. The Balaban J connectivity index is 0.000000549. The van der Waals surface area contributed by atoms with E-state index in [1.54, 1.807) is 68.6 Å². The maximum atomic E-state index is 13.3. The topological polar surface area (TPSA) is 270 Å². The first-order valence-electron chi connectivity index (χ1n) is 22.7. The van der Waals surface area contributed by atoms with E-state index in [0.29, 0.717) is 53.0 Å². The van der Waals surface area contributed by atoms with Crippen molar-refractivity contribution >= 4 is 66.6 Å². The van der Waals surface area contributed by atoms with Crippen molar-refractivity contribution < 1.29 is 73.4 Å². The minimum Gasteiger partial charge on any atom is -0.493 e. The monoisotopic (exact) mass is 1020 g/mol. The van der Waals surface area contributed by atoms with Crippen LogP contribution in [0.15, 0.2) is 72.8 Å². The fourth-order valence-corrected chi connectivity index (χ4v) is 8.46. The summed E-state index contributed by atoms with van der Waals surface area (Å²) in [4.78, 5) is 72.3. The number of carbonyl (C=O) groups excluding carboxylic acids is 6. The molecule has 0 saturated carbocycles. The van der Waals surface area contributed by atoms with Gasteiger partial charge >= 0.3 is 11.9 Å². The number of rotatable bonds is 15. The number of hydrogen-bond acceptors (Lipinski definition) is 16. The van der Waals surface area contributed by atoms with Gasteiger partial charge in [-0.05, 0) is 73.5 Å². The highest BCUT2D eigenvalue weighted by molar-refractivity contribution is 7.90. The molecule has 4 aromatic carbocycles. The predicted molar refractivity (Wildman–Crippen MR) is 269 cm³/mol. The zero-order valence-corrected chi connectivity index (χ0v) is 42.0. The molecule has 4 amide bonds. The van der Waals surface area contributed by atoms with Crippen LogP contribution in [0.1, 0.15) is 131 Å². The Kier molecular flexibility index (Phi) is 22.3. The molecule has 4 N–H and O–H groups in total. The first-order valence-corrected chi connectivity index (χ1v) is 25.3. The number of nitrogens with zero attached hydrogens (tertiary/aromatic N) is 1. The van der Waals surface area contributed by atoms with Crippen molar-refractivity contribution in [3.05, 3.63) is 106 Å². The number of anilines is 2. The van der Waals surface area contributed by atoms with Gasteiger partial charge in [-0.1, -0.05) is 59.3 Å². The number of benzene rings is 4. The van der Waals surface area contributed by atoms with Gasteiger partial charge in [0.1, 0.15) is 19.7 Å². The van der Waals surface area contributed by atoms with Crippen LogP contribution in [0.3, 0.4) is 0 Å². The van der Waals surface area contributed by atoms with E-state index >= 15 is 0 Å². The van der Waals surface area contributed by atoms with Crippen molar-refractivity contribution in [3.63, 3.8) is 0 Å². The van der Waals surface area contributed by atoms with Gasteiger partial charge in [0.05, 0.1) is 78.6 Å². The molecular weight excluding hydrogens is 949 g/mol. The van der Waals surface area contributed by atoms with Crippen molar-refractivity contribution in [3.8, 4) is 23.0 Å². The summed E-state index contributed by atoms with van der Waals surface area (Å²) >= 11 is 0. The van der Waals surface area contributed by atoms with Gasteiger partial charge in [0.2, 0.25) is 11.8 Å². The van der Waals surface area contributed by atoms with Crippen molar-refractivity contribution in [1.82, 2.24) is 4.90 Å². The summed E-state index contributed by atoms with van der Waals surface area (Å²) in [5.74, 6) is -2.04. The average molecular weight is 1020 g/mol. The molecular formula is C49H66N4O15S2.